The highest BCUT2D eigenvalue weighted by Crippen LogP contribution is 2.26. The fourth-order valence-electron chi connectivity index (χ4n) is 2.18. The molecule has 7 heteroatoms. The van der Waals surface area contributed by atoms with Crippen molar-refractivity contribution in [3.63, 3.8) is 0 Å². The second-order valence-corrected chi connectivity index (χ2v) is 6.18. The summed E-state index contributed by atoms with van der Waals surface area (Å²) in [5.74, 6) is 0.276. The molecule has 0 radical (unpaired) electrons. The molecule has 1 aromatic heterocycles. The van der Waals surface area contributed by atoms with E-state index in [1.165, 1.54) is 6.07 Å². The van der Waals surface area contributed by atoms with Crippen LogP contribution in [0.5, 0.6) is 0 Å². The fraction of sp³-hybridized carbons (Fsp3) is 0.429. The fourth-order valence-corrected chi connectivity index (χ4v) is 2.82. The minimum Gasteiger partial charge on any atom is -0.354 e. The van der Waals surface area contributed by atoms with E-state index in [1.54, 1.807) is 17.6 Å². The number of nitrogens with one attached hydrogen (secondary N) is 1. The molecule has 4 nitrogen and oxygen atoms in total. The average Bonchev–Trinajstić information content (AvgIpc) is 2.81. The topological polar surface area (TPSA) is 46.9 Å². The number of benzene rings is 1. The predicted octanol–water partition coefficient (Wildman–Crippen LogP) is 3.61. The molecule has 0 bridgehead atoms. The summed E-state index contributed by atoms with van der Waals surface area (Å²) in [4.78, 5) is 16.6. The van der Waals surface area contributed by atoms with Crippen LogP contribution in [-0.4, -0.2) is 22.0 Å². The maximum atomic E-state index is 13.8. The number of carbonyl (C=O) groups is 1. The van der Waals surface area contributed by atoms with E-state index in [-0.39, 0.29) is 17.6 Å². The molecule has 1 heterocycles. The van der Waals surface area contributed by atoms with Gasteiger partial charge in [-0.1, -0.05) is 6.92 Å². The molecule has 2 aromatic rings. The van der Waals surface area contributed by atoms with Crippen LogP contribution in [0.3, 0.4) is 0 Å². The summed E-state index contributed by atoms with van der Waals surface area (Å²) in [5.41, 5.74) is 1.23. The Kier molecular flexibility index (Phi) is 5.43. The van der Waals surface area contributed by atoms with Gasteiger partial charge in [-0.05, 0) is 42.0 Å². The zero-order valence-corrected chi connectivity index (χ0v) is 14.7. The first-order valence-electron chi connectivity index (χ1n) is 6.69. The summed E-state index contributed by atoms with van der Waals surface area (Å²) in [6.07, 6.45) is 0.859. The number of carbonyl (C=O) groups excluding carboxylic acids is 1. The molecule has 0 aliphatic heterocycles. The Bertz CT molecular complexity index is 674. The van der Waals surface area contributed by atoms with Crippen molar-refractivity contribution >= 4 is 51.1 Å². The number of aromatic nitrogens is 2. The zero-order valence-electron chi connectivity index (χ0n) is 11.8. The summed E-state index contributed by atoms with van der Waals surface area (Å²) in [7, 11) is 0. The number of halogens is 3. The van der Waals surface area contributed by atoms with Gasteiger partial charge in [0.2, 0.25) is 5.91 Å². The summed E-state index contributed by atoms with van der Waals surface area (Å²) in [6, 6.07) is 2.58. The number of fused-ring (bicyclic) bond motifs is 1. The molecule has 1 atom stereocenters. The molecule has 1 aromatic carbocycles. The normalized spacial score (nSPS) is 12.6. The van der Waals surface area contributed by atoms with Crippen molar-refractivity contribution < 1.29 is 9.18 Å². The van der Waals surface area contributed by atoms with Crippen LogP contribution in [0.1, 0.15) is 32.1 Å². The highest BCUT2D eigenvalue weighted by molar-refractivity contribution is 14.1. The molecule has 21 heavy (non-hydrogen) atoms. The molecule has 0 aliphatic rings. The van der Waals surface area contributed by atoms with Gasteiger partial charge < -0.3 is 9.88 Å². The Morgan fingerprint density at radius 2 is 2.29 bits per heavy atom. The maximum absolute atomic E-state index is 13.8. The van der Waals surface area contributed by atoms with E-state index in [0.29, 0.717) is 27.0 Å². The molecule has 0 fully saturated rings. The second-order valence-electron chi connectivity index (χ2n) is 4.75. The smallest absolute Gasteiger partial charge is 0.242 e. The lowest BCUT2D eigenvalue weighted by Gasteiger charge is -2.16. The van der Waals surface area contributed by atoms with Crippen molar-refractivity contribution in [1.82, 2.24) is 14.9 Å². The van der Waals surface area contributed by atoms with E-state index in [9.17, 15) is 9.18 Å². The van der Waals surface area contributed by atoms with E-state index in [0.717, 1.165) is 6.42 Å². The number of hydrogen-bond donors (Lipinski definition) is 1. The minimum atomic E-state index is -0.491. The van der Waals surface area contributed by atoms with Gasteiger partial charge in [-0.3, -0.25) is 4.79 Å². The predicted molar refractivity (Wildman–Crippen MR) is 90.0 cm³/mol. The molecule has 0 spiro atoms. The molecule has 2 rings (SSSR count). The number of nitrogens with zero attached hydrogens (tertiary/aromatic N) is 2. The van der Waals surface area contributed by atoms with Gasteiger partial charge in [0.1, 0.15) is 17.7 Å². The van der Waals surface area contributed by atoms with Gasteiger partial charge in [-0.15, -0.1) is 11.6 Å². The molecule has 0 aliphatic carbocycles. The largest absolute Gasteiger partial charge is 0.354 e. The Morgan fingerprint density at radius 3 is 2.90 bits per heavy atom. The van der Waals surface area contributed by atoms with Gasteiger partial charge >= 0.3 is 0 Å². The SMILES string of the molecule is CCCNC(=O)C(C)n1c(CCl)nc2cc(I)c(F)cc21. The first-order valence-corrected chi connectivity index (χ1v) is 8.30. The van der Waals surface area contributed by atoms with Gasteiger partial charge in [-0.25, -0.2) is 9.37 Å². The van der Waals surface area contributed by atoms with Crippen molar-refractivity contribution in [2.45, 2.75) is 32.2 Å². The van der Waals surface area contributed by atoms with E-state index in [1.807, 2.05) is 29.5 Å². The summed E-state index contributed by atoms with van der Waals surface area (Å²) < 4.78 is 16.0. The molecule has 0 saturated heterocycles. The zero-order chi connectivity index (χ0) is 15.6. The van der Waals surface area contributed by atoms with Gasteiger partial charge in [0.25, 0.3) is 0 Å². The van der Waals surface area contributed by atoms with Crippen molar-refractivity contribution in [3.05, 3.63) is 27.3 Å². The molecule has 0 saturated carbocycles. The number of hydrogen-bond acceptors (Lipinski definition) is 2. The molecule has 1 amide bonds. The van der Waals surface area contributed by atoms with Crippen LogP contribution in [0, 0.1) is 9.39 Å². The lowest BCUT2D eigenvalue weighted by molar-refractivity contribution is -0.123. The van der Waals surface area contributed by atoms with Crippen molar-refractivity contribution in [1.29, 1.82) is 0 Å². The summed E-state index contributed by atoms with van der Waals surface area (Å²) in [5, 5.41) is 2.84. The Labute approximate surface area is 141 Å². The van der Waals surface area contributed by atoms with Gasteiger partial charge in [-0.2, -0.15) is 0 Å². The maximum Gasteiger partial charge on any atom is 0.242 e. The molecular formula is C14H16ClFIN3O. The van der Waals surface area contributed by atoms with Crippen molar-refractivity contribution in [2.24, 2.45) is 0 Å². The van der Waals surface area contributed by atoms with Crippen LogP contribution >= 0.6 is 34.2 Å². The number of rotatable bonds is 5. The van der Waals surface area contributed by atoms with Crippen molar-refractivity contribution in [3.8, 4) is 0 Å². The third-order valence-electron chi connectivity index (χ3n) is 3.24. The van der Waals surface area contributed by atoms with Crippen LogP contribution in [-0.2, 0) is 10.7 Å². The first-order chi connectivity index (χ1) is 9.99. The lowest BCUT2D eigenvalue weighted by Crippen LogP contribution is -2.32. The first kappa shape index (κ1) is 16.5. The molecule has 1 N–H and O–H groups in total. The average molecular weight is 424 g/mol. The van der Waals surface area contributed by atoms with E-state index >= 15 is 0 Å². The van der Waals surface area contributed by atoms with Crippen LogP contribution in [0.4, 0.5) is 4.39 Å². The van der Waals surface area contributed by atoms with Gasteiger partial charge in [0.15, 0.2) is 0 Å². The molecule has 1 unspecified atom stereocenters. The Balaban J connectivity index is 2.50. The van der Waals surface area contributed by atoms with Crippen LogP contribution in [0.2, 0.25) is 0 Å². The van der Waals surface area contributed by atoms with E-state index in [2.05, 4.69) is 10.3 Å². The Hall–Kier alpha value is -0.890. The molecule has 114 valence electrons. The molecular weight excluding hydrogens is 408 g/mol. The Morgan fingerprint density at radius 1 is 1.57 bits per heavy atom. The highest BCUT2D eigenvalue weighted by atomic mass is 127. The number of amides is 1. The van der Waals surface area contributed by atoms with Gasteiger partial charge in [0.05, 0.1) is 20.5 Å². The second kappa shape index (κ2) is 6.91. The monoisotopic (exact) mass is 423 g/mol. The van der Waals surface area contributed by atoms with Crippen LogP contribution in [0.15, 0.2) is 12.1 Å². The number of imidazole rings is 1. The lowest BCUT2D eigenvalue weighted by atomic mass is 10.2. The highest BCUT2D eigenvalue weighted by Gasteiger charge is 2.21. The minimum absolute atomic E-state index is 0.124. The third kappa shape index (κ3) is 3.31. The number of alkyl halides is 1. The standard InChI is InChI=1S/C14H16ClFIN3O/c1-3-4-18-14(21)8(2)20-12-5-9(16)10(17)6-11(12)19-13(20)7-15/h5-6,8H,3-4,7H2,1-2H3,(H,18,21). The third-order valence-corrected chi connectivity index (χ3v) is 4.31. The van der Waals surface area contributed by atoms with E-state index in [4.69, 9.17) is 11.6 Å². The van der Waals surface area contributed by atoms with Crippen LogP contribution < -0.4 is 5.32 Å². The summed E-state index contributed by atoms with van der Waals surface area (Å²) >= 11 is 7.84. The summed E-state index contributed by atoms with van der Waals surface area (Å²) in [6.45, 7) is 4.36. The van der Waals surface area contributed by atoms with E-state index < -0.39 is 6.04 Å². The van der Waals surface area contributed by atoms with Gasteiger partial charge in [0, 0.05) is 12.6 Å². The van der Waals surface area contributed by atoms with Crippen LogP contribution in [0.25, 0.3) is 11.0 Å². The van der Waals surface area contributed by atoms with Crippen molar-refractivity contribution in [2.75, 3.05) is 6.54 Å². The quantitative estimate of drug-likeness (QED) is 0.590.